The molecule has 2 rings (SSSR count). The Bertz CT molecular complexity index is 379. The van der Waals surface area contributed by atoms with Crippen LogP contribution in [0.2, 0.25) is 0 Å². The molecule has 2 nitrogen and oxygen atoms in total. The first kappa shape index (κ1) is 13.5. The van der Waals surface area contributed by atoms with Gasteiger partial charge in [-0.2, -0.15) is 0 Å². The average molecular weight is 250 g/mol. The number of hydrogen-bond acceptors (Lipinski definition) is 2. The molecule has 1 aliphatic heterocycles. The molecule has 1 atom stereocenters. The summed E-state index contributed by atoms with van der Waals surface area (Å²) in [6, 6.07) is 7.64. The number of halogens is 1. The highest BCUT2D eigenvalue weighted by Crippen LogP contribution is 2.17. The van der Waals surface area contributed by atoms with E-state index in [2.05, 4.69) is 24.1 Å². The van der Waals surface area contributed by atoms with Gasteiger partial charge in [-0.05, 0) is 18.4 Å². The molecule has 100 valence electrons. The van der Waals surface area contributed by atoms with Crippen LogP contribution < -0.4 is 5.32 Å². The van der Waals surface area contributed by atoms with Crippen molar-refractivity contribution in [2.45, 2.75) is 32.9 Å². The molecular formula is C15H23FN2. The smallest absolute Gasteiger partial charge is 0.127 e. The largest absolute Gasteiger partial charge is 0.314 e. The van der Waals surface area contributed by atoms with Gasteiger partial charge in [-0.1, -0.05) is 32.0 Å². The molecule has 3 heteroatoms. The fourth-order valence-corrected chi connectivity index (χ4v) is 2.63. The molecule has 1 fully saturated rings. The van der Waals surface area contributed by atoms with Crippen molar-refractivity contribution in [3.05, 3.63) is 35.6 Å². The van der Waals surface area contributed by atoms with E-state index in [-0.39, 0.29) is 5.82 Å². The van der Waals surface area contributed by atoms with Crippen molar-refractivity contribution in [2.24, 2.45) is 5.92 Å². The molecule has 0 bridgehead atoms. The second-order valence-electron chi connectivity index (χ2n) is 5.55. The summed E-state index contributed by atoms with van der Waals surface area (Å²) >= 11 is 0. The Balaban J connectivity index is 2.03. The first-order valence-electron chi connectivity index (χ1n) is 6.85. The van der Waals surface area contributed by atoms with Crippen LogP contribution in [-0.2, 0) is 6.54 Å². The summed E-state index contributed by atoms with van der Waals surface area (Å²) in [5, 5.41) is 3.44. The van der Waals surface area contributed by atoms with Gasteiger partial charge in [-0.15, -0.1) is 0 Å². The van der Waals surface area contributed by atoms with E-state index in [4.69, 9.17) is 0 Å². The number of benzene rings is 1. The lowest BCUT2D eigenvalue weighted by Crippen LogP contribution is -2.51. The van der Waals surface area contributed by atoms with Gasteiger partial charge in [-0.25, -0.2) is 4.39 Å². The average Bonchev–Trinajstić information content (AvgIpc) is 2.34. The summed E-state index contributed by atoms with van der Waals surface area (Å²) in [6.07, 6.45) is 1.17. The fourth-order valence-electron chi connectivity index (χ4n) is 2.63. The summed E-state index contributed by atoms with van der Waals surface area (Å²) in [5.41, 5.74) is 0.813. The van der Waals surface area contributed by atoms with Crippen molar-refractivity contribution in [3.8, 4) is 0 Å². The minimum absolute atomic E-state index is 0.0840. The maximum absolute atomic E-state index is 13.7. The lowest BCUT2D eigenvalue weighted by atomic mass is 10.00. The maximum atomic E-state index is 13.7. The van der Waals surface area contributed by atoms with E-state index < -0.39 is 0 Å². The summed E-state index contributed by atoms with van der Waals surface area (Å²) in [6.45, 7) is 8.25. The topological polar surface area (TPSA) is 15.3 Å². The highest BCUT2D eigenvalue weighted by molar-refractivity contribution is 5.17. The summed E-state index contributed by atoms with van der Waals surface area (Å²) < 4.78 is 13.7. The Morgan fingerprint density at radius 3 is 2.89 bits per heavy atom. The molecule has 0 aliphatic carbocycles. The van der Waals surface area contributed by atoms with Crippen LogP contribution in [0, 0.1) is 11.7 Å². The Hall–Kier alpha value is -0.930. The zero-order valence-electron chi connectivity index (χ0n) is 11.3. The van der Waals surface area contributed by atoms with E-state index in [0.29, 0.717) is 12.0 Å². The first-order chi connectivity index (χ1) is 8.66. The predicted molar refractivity (Wildman–Crippen MR) is 72.9 cm³/mol. The van der Waals surface area contributed by atoms with Gasteiger partial charge >= 0.3 is 0 Å². The SMILES string of the molecule is CC(C)CC1CNCCN1Cc1ccccc1F. The third-order valence-electron chi connectivity index (χ3n) is 3.55. The van der Waals surface area contributed by atoms with E-state index >= 15 is 0 Å². The van der Waals surface area contributed by atoms with Crippen LogP contribution in [0.25, 0.3) is 0 Å². The third-order valence-corrected chi connectivity index (χ3v) is 3.55. The van der Waals surface area contributed by atoms with Gasteiger partial charge in [0.15, 0.2) is 0 Å². The zero-order valence-corrected chi connectivity index (χ0v) is 11.3. The molecule has 0 radical (unpaired) electrons. The van der Waals surface area contributed by atoms with Crippen LogP contribution >= 0.6 is 0 Å². The van der Waals surface area contributed by atoms with Gasteiger partial charge in [-0.3, -0.25) is 4.90 Å². The number of rotatable bonds is 4. The molecule has 1 aromatic carbocycles. The Labute approximate surface area is 109 Å². The van der Waals surface area contributed by atoms with Crippen LogP contribution in [0.15, 0.2) is 24.3 Å². The monoisotopic (exact) mass is 250 g/mol. The Kier molecular flexibility index (Phi) is 4.72. The predicted octanol–water partition coefficient (Wildman–Crippen LogP) is 2.65. The van der Waals surface area contributed by atoms with Gasteiger partial charge < -0.3 is 5.32 Å². The second-order valence-corrected chi connectivity index (χ2v) is 5.55. The summed E-state index contributed by atoms with van der Waals surface area (Å²) in [7, 11) is 0. The molecule has 18 heavy (non-hydrogen) atoms. The molecule has 1 aromatic rings. The second kappa shape index (κ2) is 6.30. The first-order valence-corrected chi connectivity index (χ1v) is 6.85. The van der Waals surface area contributed by atoms with Crippen molar-refractivity contribution in [1.82, 2.24) is 10.2 Å². The fraction of sp³-hybridized carbons (Fsp3) is 0.600. The van der Waals surface area contributed by atoms with Crippen molar-refractivity contribution < 1.29 is 4.39 Å². The lowest BCUT2D eigenvalue weighted by Gasteiger charge is -2.37. The zero-order chi connectivity index (χ0) is 13.0. The molecule has 1 saturated heterocycles. The molecule has 0 spiro atoms. The van der Waals surface area contributed by atoms with Crippen molar-refractivity contribution in [2.75, 3.05) is 19.6 Å². The van der Waals surface area contributed by atoms with E-state index in [0.717, 1.165) is 31.7 Å². The molecule has 0 aromatic heterocycles. The van der Waals surface area contributed by atoms with Crippen LogP contribution in [-0.4, -0.2) is 30.6 Å². The number of nitrogens with one attached hydrogen (secondary N) is 1. The number of piperazine rings is 1. The van der Waals surface area contributed by atoms with Crippen molar-refractivity contribution in [1.29, 1.82) is 0 Å². The van der Waals surface area contributed by atoms with Gasteiger partial charge in [0.1, 0.15) is 5.82 Å². The number of nitrogens with zero attached hydrogens (tertiary/aromatic N) is 1. The van der Waals surface area contributed by atoms with Crippen molar-refractivity contribution in [3.63, 3.8) is 0 Å². The molecular weight excluding hydrogens is 227 g/mol. The standard InChI is InChI=1S/C15H23FN2/c1-12(2)9-14-10-17-7-8-18(14)11-13-5-3-4-6-15(13)16/h3-6,12,14,17H,7-11H2,1-2H3. The van der Waals surface area contributed by atoms with Crippen LogP contribution in [0.4, 0.5) is 4.39 Å². The van der Waals surface area contributed by atoms with Crippen LogP contribution in [0.3, 0.4) is 0 Å². The normalized spacial score (nSPS) is 21.4. The van der Waals surface area contributed by atoms with Crippen LogP contribution in [0.1, 0.15) is 25.8 Å². The van der Waals surface area contributed by atoms with Gasteiger partial charge in [0.2, 0.25) is 0 Å². The van der Waals surface area contributed by atoms with E-state index in [1.165, 1.54) is 6.42 Å². The highest BCUT2D eigenvalue weighted by Gasteiger charge is 2.23. The maximum Gasteiger partial charge on any atom is 0.127 e. The Morgan fingerprint density at radius 2 is 2.17 bits per heavy atom. The van der Waals surface area contributed by atoms with E-state index in [1.54, 1.807) is 12.1 Å². The molecule has 1 heterocycles. The third kappa shape index (κ3) is 3.53. The van der Waals surface area contributed by atoms with E-state index in [9.17, 15) is 4.39 Å². The highest BCUT2D eigenvalue weighted by atomic mass is 19.1. The molecule has 1 N–H and O–H groups in total. The minimum atomic E-state index is -0.0840. The Morgan fingerprint density at radius 1 is 1.39 bits per heavy atom. The molecule has 0 saturated carbocycles. The molecule has 1 aliphatic rings. The number of hydrogen-bond donors (Lipinski definition) is 1. The van der Waals surface area contributed by atoms with Gasteiger partial charge in [0, 0.05) is 37.8 Å². The van der Waals surface area contributed by atoms with Crippen LogP contribution in [0.5, 0.6) is 0 Å². The molecule has 1 unspecified atom stereocenters. The summed E-state index contributed by atoms with van der Waals surface area (Å²) in [4.78, 5) is 2.41. The quantitative estimate of drug-likeness (QED) is 0.883. The summed E-state index contributed by atoms with van der Waals surface area (Å²) in [5.74, 6) is 0.595. The van der Waals surface area contributed by atoms with Gasteiger partial charge in [0.05, 0.1) is 0 Å². The van der Waals surface area contributed by atoms with Gasteiger partial charge in [0.25, 0.3) is 0 Å². The van der Waals surface area contributed by atoms with Crippen molar-refractivity contribution >= 4 is 0 Å². The molecule has 0 amide bonds. The minimum Gasteiger partial charge on any atom is -0.314 e. The van der Waals surface area contributed by atoms with E-state index in [1.807, 2.05) is 12.1 Å². The lowest BCUT2D eigenvalue weighted by molar-refractivity contribution is 0.133.